The minimum Gasteiger partial charge on any atom is -0.457 e. The van der Waals surface area contributed by atoms with Gasteiger partial charge in [0.25, 0.3) is 0 Å². The van der Waals surface area contributed by atoms with Crippen LogP contribution >= 0.6 is 11.6 Å². The monoisotopic (exact) mass is 289 g/mol. The molecule has 2 aromatic rings. The Morgan fingerprint density at radius 3 is 2.65 bits per heavy atom. The molecular weight excluding hydrogens is 270 g/mol. The van der Waals surface area contributed by atoms with Crippen LogP contribution in [0.15, 0.2) is 36.4 Å². The van der Waals surface area contributed by atoms with E-state index in [0.29, 0.717) is 0 Å². The number of nitrogens with one attached hydrogen (secondary N) is 1. The Morgan fingerprint density at radius 2 is 1.90 bits per heavy atom. The normalized spacial score (nSPS) is 10.6. The zero-order valence-corrected chi connectivity index (χ0v) is 12.9. The Balaban J connectivity index is 2.30. The van der Waals surface area contributed by atoms with Gasteiger partial charge < -0.3 is 10.1 Å². The average Bonchev–Trinajstić information content (AvgIpc) is 2.44. The predicted molar refractivity (Wildman–Crippen MR) is 84.8 cm³/mol. The van der Waals surface area contributed by atoms with Gasteiger partial charge >= 0.3 is 0 Å². The average molecular weight is 290 g/mol. The molecule has 0 saturated carbocycles. The van der Waals surface area contributed by atoms with Crippen LogP contribution in [-0.4, -0.2) is 6.54 Å². The first-order chi connectivity index (χ1) is 9.61. The fourth-order valence-electron chi connectivity index (χ4n) is 2.00. The summed E-state index contributed by atoms with van der Waals surface area (Å²) in [5.74, 6) is 1.74. The molecule has 0 spiro atoms. The van der Waals surface area contributed by atoms with Crippen molar-refractivity contribution in [1.29, 1.82) is 0 Å². The molecule has 0 atom stereocenters. The van der Waals surface area contributed by atoms with Crippen molar-refractivity contribution in [2.75, 3.05) is 6.54 Å². The van der Waals surface area contributed by atoms with E-state index in [1.54, 1.807) is 0 Å². The molecule has 2 aromatic carbocycles. The van der Waals surface area contributed by atoms with E-state index >= 15 is 0 Å². The van der Waals surface area contributed by atoms with E-state index in [0.717, 1.165) is 40.7 Å². The van der Waals surface area contributed by atoms with Crippen molar-refractivity contribution >= 4 is 11.6 Å². The third-order valence-electron chi connectivity index (χ3n) is 3.36. The second kappa shape index (κ2) is 6.78. The molecule has 3 heteroatoms. The lowest BCUT2D eigenvalue weighted by Crippen LogP contribution is -2.12. The summed E-state index contributed by atoms with van der Waals surface area (Å²) in [6.07, 6.45) is 0. The number of benzene rings is 2. The second-order valence-electron chi connectivity index (χ2n) is 4.83. The van der Waals surface area contributed by atoms with E-state index in [4.69, 9.17) is 16.3 Å². The largest absolute Gasteiger partial charge is 0.457 e. The molecule has 0 unspecified atom stereocenters. The molecule has 0 aliphatic carbocycles. The van der Waals surface area contributed by atoms with E-state index in [9.17, 15) is 0 Å². The molecule has 0 radical (unpaired) electrons. The first-order valence-electron chi connectivity index (χ1n) is 6.85. The van der Waals surface area contributed by atoms with Crippen molar-refractivity contribution in [2.45, 2.75) is 27.3 Å². The third kappa shape index (κ3) is 3.53. The van der Waals surface area contributed by atoms with Gasteiger partial charge in [0.1, 0.15) is 11.5 Å². The van der Waals surface area contributed by atoms with Crippen LogP contribution in [0.2, 0.25) is 5.02 Å². The maximum atomic E-state index is 6.07. The summed E-state index contributed by atoms with van der Waals surface area (Å²) in [5.41, 5.74) is 3.46. The van der Waals surface area contributed by atoms with E-state index in [2.05, 4.69) is 32.2 Å². The van der Waals surface area contributed by atoms with Gasteiger partial charge in [0, 0.05) is 17.1 Å². The Hall–Kier alpha value is -1.51. The summed E-state index contributed by atoms with van der Waals surface area (Å²) in [6.45, 7) is 7.90. The molecule has 0 aromatic heterocycles. The lowest BCUT2D eigenvalue weighted by Gasteiger charge is -2.14. The van der Waals surface area contributed by atoms with E-state index in [1.165, 1.54) is 5.56 Å². The molecule has 106 valence electrons. The van der Waals surface area contributed by atoms with Gasteiger partial charge in [-0.2, -0.15) is 0 Å². The molecule has 0 bridgehead atoms. The Kier molecular flexibility index (Phi) is 5.05. The Bertz CT molecular complexity index is 596. The van der Waals surface area contributed by atoms with E-state index < -0.39 is 0 Å². The number of ether oxygens (including phenoxy) is 1. The highest BCUT2D eigenvalue weighted by molar-refractivity contribution is 6.30. The van der Waals surface area contributed by atoms with Crippen LogP contribution in [0, 0.1) is 13.8 Å². The van der Waals surface area contributed by atoms with Gasteiger partial charge in [-0.15, -0.1) is 0 Å². The van der Waals surface area contributed by atoms with Crippen LogP contribution in [0.5, 0.6) is 11.5 Å². The van der Waals surface area contributed by atoms with Crippen LogP contribution in [-0.2, 0) is 6.54 Å². The molecule has 1 N–H and O–H groups in total. The lowest BCUT2D eigenvalue weighted by molar-refractivity contribution is 0.469. The molecule has 0 saturated heterocycles. The van der Waals surface area contributed by atoms with Crippen molar-refractivity contribution in [2.24, 2.45) is 0 Å². The maximum absolute atomic E-state index is 6.07. The Labute approximate surface area is 125 Å². The highest BCUT2D eigenvalue weighted by atomic mass is 35.5. The summed E-state index contributed by atoms with van der Waals surface area (Å²) in [5, 5.41) is 4.03. The van der Waals surface area contributed by atoms with Gasteiger partial charge in [-0.05, 0) is 55.8 Å². The number of hydrogen-bond acceptors (Lipinski definition) is 2. The zero-order valence-electron chi connectivity index (χ0n) is 12.2. The molecule has 0 aliphatic heterocycles. The fraction of sp³-hybridized carbons (Fsp3) is 0.294. The van der Waals surface area contributed by atoms with Crippen molar-refractivity contribution in [3.8, 4) is 11.5 Å². The standard InChI is InChI=1S/C17H20ClNO/c1-4-19-11-14-10-15(18)8-9-17(14)20-16-7-5-6-12(2)13(16)3/h5-10,19H,4,11H2,1-3H3. The molecule has 0 fully saturated rings. The molecule has 2 rings (SSSR count). The molecule has 0 heterocycles. The van der Waals surface area contributed by atoms with Gasteiger partial charge in [-0.1, -0.05) is 30.7 Å². The van der Waals surface area contributed by atoms with E-state index in [1.807, 2.05) is 30.3 Å². The van der Waals surface area contributed by atoms with Crippen molar-refractivity contribution in [1.82, 2.24) is 5.32 Å². The first kappa shape index (κ1) is 14.9. The van der Waals surface area contributed by atoms with Crippen LogP contribution in [0.4, 0.5) is 0 Å². The summed E-state index contributed by atoms with van der Waals surface area (Å²) < 4.78 is 6.07. The van der Waals surface area contributed by atoms with Crippen LogP contribution in [0.25, 0.3) is 0 Å². The Morgan fingerprint density at radius 1 is 1.10 bits per heavy atom. The van der Waals surface area contributed by atoms with Crippen molar-refractivity contribution in [3.63, 3.8) is 0 Å². The highest BCUT2D eigenvalue weighted by Crippen LogP contribution is 2.30. The molecule has 0 aliphatic rings. The lowest BCUT2D eigenvalue weighted by atomic mass is 10.1. The first-order valence-corrected chi connectivity index (χ1v) is 7.23. The predicted octanol–water partition coefficient (Wildman–Crippen LogP) is 4.86. The SMILES string of the molecule is CCNCc1cc(Cl)ccc1Oc1cccc(C)c1C. The fourth-order valence-corrected chi connectivity index (χ4v) is 2.19. The van der Waals surface area contributed by atoms with Crippen LogP contribution in [0.3, 0.4) is 0 Å². The topological polar surface area (TPSA) is 21.3 Å². The molecule has 20 heavy (non-hydrogen) atoms. The van der Waals surface area contributed by atoms with Crippen LogP contribution in [0.1, 0.15) is 23.6 Å². The van der Waals surface area contributed by atoms with Gasteiger partial charge in [0.15, 0.2) is 0 Å². The summed E-state index contributed by atoms with van der Waals surface area (Å²) >= 11 is 6.07. The number of aryl methyl sites for hydroxylation is 1. The summed E-state index contributed by atoms with van der Waals surface area (Å²) in [4.78, 5) is 0. The third-order valence-corrected chi connectivity index (χ3v) is 3.60. The van der Waals surface area contributed by atoms with Crippen molar-refractivity contribution in [3.05, 3.63) is 58.1 Å². The summed E-state index contributed by atoms with van der Waals surface area (Å²) in [6, 6.07) is 11.8. The molecule has 2 nitrogen and oxygen atoms in total. The quantitative estimate of drug-likeness (QED) is 0.849. The van der Waals surface area contributed by atoms with Gasteiger partial charge in [0.05, 0.1) is 0 Å². The van der Waals surface area contributed by atoms with Crippen molar-refractivity contribution < 1.29 is 4.74 Å². The van der Waals surface area contributed by atoms with Gasteiger partial charge in [-0.25, -0.2) is 0 Å². The zero-order chi connectivity index (χ0) is 14.5. The van der Waals surface area contributed by atoms with E-state index in [-0.39, 0.29) is 0 Å². The van der Waals surface area contributed by atoms with Crippen LogP contribution < -0.4 is 10.1 Å². The number of hydrogen-bond donors (Lipinski definition) is 1. The minimum absolute atomic E-state index is 0.728. The summed E-state index contributed by atoms with van der Waals surface area (Å²) in [7, 11) is 0. The number of halogens is 1. The maximum Gasteiger partial charge on any atom is 0.132 e. The molecule has 0 amide bonds. The highest BCUT2D eigenvalue weighted by Gasteiger charge is 2.08. The minimum atomic E-state index is 0.728. The number of rotatable bonds is 5. The molecular formula is C17H20ClNO. The second-order valence-corrected chi connectivity index (χ2v) is 5.27. The van der Waals surface area contributed by atoms with Gasteiger partial charge in [-0.3, -0.25) is 0 Å². The van der Waals surface area contributed by atoms with Gasteiger partial charge in [0.2, 0.25) is 0 Å². The smallest absolute Gasteiger partial charge is 0.132 e.